The van der Waals surface area contributed by atoms with Crippen molar-refractivity contribution in [2.75, 3.05) is 6.61 Å². The molecule has 1 aliphatic heterocycles. The molecule has 0 bridgehead atoms. The van der Waals surface area contributed by atoms with Crippen LogP contribution in [0.4, 0.5) is 0 Å². The first-order chi connectivity index (χ1) is 9.33. The number of ether oxygens (including phenoxy) is 1. The highest BCUT2D eigenvalue weighted by Crippen LogP contribution is 2.18. The fraction of sp³-hybridized carbons (Fsp3) is 0.846. The van der Waals surface area contributed by atoms with E-state index in [9.17, 15) is 0 Å². The Morgan fingerprint density at radius 1 is 1.58 bits per heavy atom. The smallest absolute Gasteiger partial charge is 0.138 e. The van der Waals surface area contributed by atoms with Crippen LogP contribution in [0.3, 0.4) is 0 Å². The summed E-state index contributed by atoms with van der Waals surface area (Å²) in [7, 11) is 0. The Bertz CT molecular complexity index is 362. The van der Waals surface area contributed by atoms with Gasteiger partial charge >= 0.3 is 0 Å². The summed E-state index contributed by atoms with van der Waals surface area (Å²) in [5.41, 5.74) is 2.89. The first-order valence-corrected chi connectivity index (χ1v) is 7.28. The fourth-order valence-electron chi connectivity index (χ4n) is 2.60. The van der Waals surface area contributed by atoms with Gasteiger partial charge in [-0.05, 0) is 39.0 Å². The third kappa shape index (κ3) is 4.26. The van der Waals surface area contributed by atoms with Crippen LogP contribution in [-0.2, 0) is 17.7 Å². The van der Waals surface area contributed by atoms with E-state index in [4.69, 9.17) is 10.6 Å². The first kappa shape index (κ1) is 14.4. The van der Waals surface area contributed by atoms with Crippen molar-refractivity contribution in [3.05, 3.63) is 12.2 Å². The Morgan fingerprint density at radius 2 is 2.47 bits per heavy atom. The number of nitrogens with zero attached hydrogens (tertiary/aromatic N) is 3. The number of nitrogens with two attached hydrogens (primary N) is 1. The molecule has 6 nitrogen and oxygen atoms in total. The normalized spacial score (nSPS) is 21.5. The van der Waals surface area contributed by atoms with E-state index in [0.717, 1.165) is 38.2 Å². The van der Waals surface area contributed by atoms with Crippen molar-refractivity contribution in [1.82, 2.24) is 20.2 Å². The Labute approximate surface area is 114 Å². The largest absolute Gasteiger partial charge is 0.378 e. The molecule has 0 radical (unpaired) electrons. The average Bonchev–Trinajstić information content (AvgIpc) is 2.91. The zero-order valence-electron chi connectivity index (χ0n) is 11.7. The first-order valence-electron chi connectivity index (χ1n) is 7.28. The lowest BCUT2D eigenvalue weighted by atomic mass is 10.0. The topological polar surface area (TPSA) is 78.0 Å². The minimum atomic E-state index is 0.236. The van der Waals surface area contributed by atoms with Gasteiger partial charge < -0.3 is 4.74 Å². The van der Waals surface area contributed by atoms with Crippen LogP contribution in [0.2, 0.25) is 0 Å². The monoisotopic (exact) mass is 267 g/mol. The molecule has 0 aliphatic carbocycles. The molecule has 2 heterocycles. The molecule has 2 atom stereocenters. The zero-order chi connectivity index (χ0) is 13.5. The van der Waals surface area contributed by atoms with E-state index in [1.54, 1.807) is 6.33 Å². The molecule has 108 valence electrons. The third-order valence-corrected chi connectivity index (χ3v) is 3.77. The number of hydrogen-bond donors (Lipinski definition) is 2. The summed E-state index contributed by atoms with van der Waals surface area (Å²) in [5.74, 6) is 6.64. The number of rotatable bonds is 7. The van der Waals surface area contributed by atoms with Gasteiger partial charge in [0.1, 0.15) is 12.2 Å². The highest BCUT2D eigenvalue weighted by Gasteiger charge is 2.17. The number of aryl methyl sites for hydroxylation is 1. The summed E-state index contributed by atoms with van der Waals surface area (Å²) < 4.78 is 7.67. The minimum absolute atomic E-state index is 0.236. The van der Waals surface area contributed by atoms with Crippen LogP contribution < -0.4 is 11.3 Å². The second-order valence-corrected chi connectivity index (χ2v) is 5.13. The molecule has 19 heavy (non-hydrogen) atoms. The lowest BCUT2D eigenvalue weighted by molar-refractivity contribution is 0.00854. The third-order valence-electron chi connectivity index (χ3n) is 3.77. The number of hydrogen-bond acceptors (Lipinski definition) is 5. The maximum atomic E-state index is 5.75. The maximum absolute atomic E-state index is 5.75. The Balaban J connectivity index is 1.79. The second kappa shape index (κ2) is 7.57. The van der Waals surface area contributed by atoms with Crippen molar-refractivity contribution in [3.8, 4) is 0 Å². The molecule has 0 aromatic carbocycles. The van der Waals surface area contributed by atoms with Gasteiger partial charge in [-0.3, -0.25) is 16.0 Å². The van der Waals surface area contributed by atoms with Crippen molar-refractivity contribution in [1.29, 1.82) is 0 Å². The van der Waals surface area contributed by atoms with Gasteiger partial charge in [0.2, 0.25) is 0 Å². The van der Waals surface area contributed by atoms with Gasteiger partial charge in [-0.15, -0.1) is 0 Å². The van der Waals surface area contributed by atoms with E-state index in [-0.39, 0.29) is 6.04 Å². The quantitative estimate of drug-likeness (QED) is 0.570. The standard InChI is InChI=1S/C13H25N5O/c1-2-18-13(15-10-16-18)9-11(17-14)6-7-12-5-3-4-8-19-12/h10-12,17H,2-9,14H2,1H3. The highest BCUT2D eigenvalue weighted by molar-refractivity contribution is 4.89. The van der Waals surface area contributed by atoms with Crippen molar-refractivity contribution in [2.45, 2.75) is 64.1 Å². The summed E-state index contributed by atoms with van der Waals surface area (Å²) in [4.78, 5) is 4.29. The van der Waals surface area contributed by atoms with Crippen LogP contribution in [0.25, 0.3) is 0 Å². The van der Waals surface area contributed by atoms with Crippen molar-refractivity contribution in [3.63, 3.8) is 0 Å². The predicted octanol–water partition coefficient (Wildman–Crippen LogP) is 1.02. The number of aromatic nitrogens is 3. The summed E-state index contributed by atoms with van der Waals surface area (Å²) in [6, 6.07) is 0.236. The average molecular weight is 267 g/mol. The second-order valence-electron chi connectivity index (χ2n) is 5.13. The van der Waals surface area contributed by atoms with Gasteiger partial charge in [0, 0.05) is 25.6 Å². The van der Waals surface area contributed by atoms with E-state index < -0.39 is 0 Å². The van der Waals surface area contributed by atoms with E-state index in [0.29, 0.717) is 6.10 Å². The molecule has 2 rings (SSSR count). The summed E-state index contributed by atoms with van der Waals surface area (Å²) in [5, 5.41) is 4.18. The number of hydrazine groups is 1. The number of nitrogens with one attached hydrogen (secondary N) is 1. The van der Waals surface area contributed by atoms with Crippen molar-refractivity contribution < 1.29 is 4.74 Å². The molecule has 1 saturated heterocycles. The van der Waals surface area contributed by atoms with Gasteiger partial charge in [0.25, 0.3) is 0 Å². The lowest BCUT2D eigenvalue weighted by Crippen LogP contribution is -2.38. The molecule has 6 heteroatoms. The van der Waals surface area contributed by atoms with E-state index >= 15 is 0 Å². The van der Waals surface area contributed by atoms with Crippen LogP contribution in [0.15, 0.2) is 6.33 Å². The molecule has 0 spiro atoms. The van der Waals surface area contributed by atoms with Gasteiger partial charge in [0.15, 0.2) is 0 Å². The molecule has 1 aromatic rings. The van der Waals surface area contributed by atoms with Gasteiger partial charge in [-0.1, -0.05) is 0 Å². The van der Waals surface area contributed by atoms with Crippen molar-refractivity contribution in [2.24, 2.45) is 5.84 Å². The van der Waals surface area contributed by atoms with Gasteiger partial charge in [0.05, 0.1) is 6.10 Å². The molecule has 3 N–H and O–H groups in total. The van der Waals surface area contributed by atoms with E-state index in [2.05, 4.69) is 22.4 Å². The van der Waals surface area contributed by atoms with Gasteiger partial charge in [-0.2, -0.15) is 5.10 Å². The van der Waals surface area contributed by atoms with Crippen LogP contribution in [0.5, 0.6) is 0 Å². The molecule has 1 aromatic heterocycles. The summed E-state index contributed by atoms with van der Waals surface area (Å²) in [6.45, 7) is 3.83. The SMILES string of the molecule is CCn1ncnc1CC(CCC1CCCCO1)NN. The lowest BCUT2D eigenvalue weighted by Gasteiger charge is -2.24. The van der Waals surface area contributed by atoms with Gasteiger partial charge in [-0.25, -0.2) is 4.98 Å². The maximum Gasteiger partial charge on any atom is 0.138 e. The Kier molecular flexibility index (Phi) is 5.75. The Hall–Kier alpha value is -0.980. The summed E-state index contributed by atoms with van der Waals surface area (Å²) >= 11 is 0. The molecule has 1 aliphatic rings. The molecule has 2 unspecified atom stereocenters. The highest BCUT2D eigenvalue weighted by atomic mass is 16.5. The molecule has 1 fully saturated rings. The van der Waals surface area contributed by atoms with E-state index in [1.807, 2.05) is 4.68 Å². The molecule has 0 amide bonds. The van der Waals surface area contributed by atoms with E-state index in [1.165, 1.54) is 19.3 Å². The van der Waals surface area contributed by atoms with Crippen molar-refractivity contribution >= 4 is 0 Å². The van der Waals surface area contributed by atoms with Crippen LogP contribution in [-0.4, -0.2) is 33.5 Å². The van der Waals surface area contributed by atoms with Crippen LogP contribution in [0, 0.1) is 0 Å². The van der Waals surface area contributed by atoms with Crippen LogP contribution >= 0.6 is 0 Å². The molecular formula is C13H25N5O. The fourth-order valence-corrected chi connectivity index (χ4v) is 2.60. The van der Waals surface area contributed by atoms with Crippen LogP contribution in [0.1, 0.15) is 44.9 Å². The predicted molar refractivity (Wildman–Crippen MR) is 73.3 cm³/mol. The minimum Gasteiger partial charge on any atom is -0.378 e. The molecular weight excluding hydrogens is 242 g/mol. The Morgan fingerprint density at radius 3 is 3.16 bits per heavy atom. The zero-order valence-corrected chi connectivity index (χ0v) is 11.7. The summed E-state index contributed by atoms with van der Waals surface area (Å²) in [6.07, 6.45) is 8.58. The molecule has 0 saturated carbocycles.